The van der Waals surface area contributed by atoms with Gasteiger partial charge in [-0.15, -0.1) is 12.4 Å². The van der Waals surface area contributed by atoms with Crippen LogP contribution in [-0.2, 0) is 0 Å². The minimum absolute atomic E-state index is 0. The van der Waals surface area contributed by atoms with E-state index in [0.29, 0.717) is 23.9 Å². The van der Waals surface area contributed by atoms with Gasteiger partial charge in [-0.2, -0.15) is 4.98 Å². The van der Waals surface area contributed by atoms with Crippen molar-refractivity contribution in [3.05, 3.63) is 36.2 Å². The molecule has 1 fully saturated rings. The van der Waals surface area contributed by atoms with Gasteiger partial charge >= 0.3 is 0 Å². The van der Waals surface area contributed by atoms with Crippen molar-refractivity contribution >= 4 is 18.3 Å². The van der Waals surface area contributed by atoms with Gasteiger partial charge in [-0.1, -0.05) is 36.6 Å². The average Bonchev–Trinajstić information content (AvgIpc) is 3.15. The van der Waals surface area contributed by atoms with Gasteiger partial charge in [0, 0.05) is 23.7 Å². The molecule has 1 amide bonds. The molecule has 0 aliphatic heterocycles. The van der Waals surface area contributed by atoms with E-state index in [0.717, 1.165) is 18.4 Å². The van der Waals surface area contributed by atoms with Gasteiger partial charge in [-0.3, -0.25) is 4.79 Å². The molecule has 1 aromatic heterocycles. The molecular weight excluding hydrogens is 328 g/mol. The van der Waals surface area contributed by atoms with E-state index in [1.54, 1.807) is 12.1 Å². The maximum atomic E-state index is 12.4. The van der Waals surface area contributed by atoms with Crippen LogP contribution in [0.15, 0.2) is 35.2 Å². The highest BCUT2D eigenvalue weighted by Crippen LogP contribution is 2.26. The van der Waals surface area contributed by atoms with E-state index in [1.165, 1.54) is 25.7 Å². The number of carbonyl (C=O) groups is 1. The highest BCUT2D eigenvalue weighted by molar-refractivity contribution is 5.94. The molecular formula is C17H23ClN4O2. The fourth-order valence-corrected chi connectivity index (χ4v) is 3.23. The molecule has 24 heavy (non-hydrogen) atoms. The van der Waals surface area contributed by atoms with Gasteiger partial charge in [0.25, 0.3) is 5.91 Å². The van der Waals surface area contributed by atoms with Gasteiger partial charge in [0.2, 0.25) is 12.2 Å². The van der Waals surface area contributed by atoms with Crippen molar-refractivity contribution in [2.75, 3.05) is 6.54 Å². The average molecular weight is 351 g/mol. The number of amides is 1. The van der Waals surface area contributed by atoms with Crippen LogP contribution < -0.4 is 11.1 Å². The molecule has 0 radical (unpaired) electrons. The summed E-state index contributed by atoms with van der Waals surface area (Å²) in [6.07, 6.45) is 7.34. The number of halogens is 1. The zero-order valence-electron chi connectivity index (χ0n) is 13.5. The highest BCUT2D eigenvalue weighted by Gasteiger charge is 2.24. The first kappa shape index (κ1) is 18.4. The van der Waals surface area contributed by atoms with E-state index in [4.69, 9.17) is 10.3 Å². The summed E-state index contributed by atoms with van der Waals surface area (Å²) in [4.78, 5) is 16.4. The van der Waals surface area contributed by atoms with Crippen LogP contribution in [0.4, 0.5) is 0 Å². The predicted molar refractivity (Wildman–Crippen MR) is 93.9 cm³/mol. The molecule has 1 aliphatic rings. The van der Waals surface area contributed by atoms with E-state index < -0.39 is 0 Å². The van der Waals surface area contributed by atoms with Crippen LogP contribution >= 0.6 is 12.4 Å². The molecule has 2 aromatic rings. The SMILES string of the molecule is Cl.NCC(NC(=O)c1ccc(-c2ncon2)cc1)C1CCCCC1. The lowest BCUT2D eigenvalue weighted by molar-refractivity contribution is 0.0915. The number of rotatable bonds is 5. The third kappa shape index (κ3) is 4.33. The van der Waals surface area contributed by atoms with Gasteiger partial charge in [0.05, 0.1) is 0 Å². The summed E-state index contributed by atoms with van der Waals surface area (Å²) >= 11 is 0. The number of carbonyl (C=O) groups excluding carboxylic acids is 1. The first-order chi connectivity index (χ1) is 11.3. The smallest absolute Gasteiger partial charge is 0.251 e. The van der Waals surface area contributed by atoms with Crippen LogP contribution in [0.5, 0.6) is 0 Å². The Hall–Kier alpha value is -1.92. The third-order valence-electron chi connectivity index (χ3n) is 4.56. The van der Waals surface area contributed by atoms with Crippen LogP contribution in [-0.4, -0.2) is 28.6 Å². The van der Waals surface area contributed by atoms with Crippen molar-refractivity contribution in [1.29, 1.82) is 0 Å². The molecule has 3 rings (SSSR count). The lowest BCUT2D eigenvalue weighted by Crippen LogP contribution is -2.45. The number of hydrogen-bond acceptors (Lipinski definition) is 5. The molecule has 1 heterocycles. The molecule has 0 bridgehead atoms. The first-order valence-corrected chi connectivity index (χ1v) is 8.15. The molecule has 1 aliphatic carbocycles. The molecule has 6 nitrogen and oxygen atoms in total. The van der Waals surface area contributed by atoms with E-state index >= 15 is 0 Å². The molecule has 130 valence electrons. The minimum Gasteiger partial charge on any atom is -0.348 e. The molecule has 0 saturated heterocycles. The summed E-state index contributed by atoms with van der Waals surface area (Å²) in [7, 11) is 0. The number of hydrogen-bond donors (Lipinski definition) is 2. The van der Waals surface area contributed by atoms with E-state index in [2.05, 4.69) is 15.5 Å². The fraction of sp³-hybridized carbons (Fsp3) is 0.471. The highest BCUT2D eigenvalue weighted by atomic mass is 35.5. The van der Waals surface area contributed by atoms with Gasteiger partial charge in [0.1, 0.15) is 0 Å². The Morgan fingerprint density at radius 3 is 2.54 bits per heavy atom. The fourth-order valence-electron chi connectivity index (χ4n) is 3.23. The van der Waals surface area contributed by atoms with Crippen molar-refractivity contribution in [2.45, 2.75) is 38.1 Å². The van der Waals surface area contributed by atoms with Crippen LogP contribution in [0.25, 0.3) is 11.4 Å². The zero-order valence-corrected chi connectivity index (χ0v) is 14.3. The summed E-state index contributed by atoms with van der Waals surface area (Å²) < 4.78 is 4.73. The quantitative estimate of drug-likeness (QED) is 0.864. The van der Waals surface area contributed by atoms with Gasteiger partial charge in [-0.25, -0.2) is 0 Å². The van der Waals surface area contributed by atoms with E-state index in [-0.39, 0.29) is 24.4 Å². The first-order valence-electron chi connectivity index (χ1n) is 8.15. The number of benzene rings is 1. The van der Waals surface area contributed by atoms with E-state index in [9.17, 15) is 4.79 Å². The molecule has 0 spiro atoms. The van der Waals surface area contributed by atoms with E-state index in [1.807, 2.05) is 12.1 Å². The number of nitrogens with zero attached hydrogens (tertiary/aromatic N) is 2. The van der Waals surface area contributed by atoms with Crippen molar-refractivity contribution in [1.82, 2.24) is 15.5 Å². The zero-order chi connectivity index (χ0) is 16.1. The Labute approximate surface area is 147 Å². The van der Waals surface area contributed by atoms with Crippen LogP contribution in [0.3, 0.4) is 0 Å². The summed E-state index contributed by atoms with van der Waals surface area (Å²) in [6.45, 7) is 0.483. The van der Waals surface area contributed by atoms with Crippen LogP contribution in [0, 0.1) is 5.92 Å². The predicted octanol–water partition coefficient (Wildman–Crippen LogP) is 2.80. The van der Waals surface area contributed by atoms with Gasteiger partial charge in [-0.05, 0) is 30.9 Å². The van der Waals surface area contributed by atoms with Crippen molar-refractivity contribution in [3.63, 3.8) is 0 Å². The monoisotopic (exact) mass is 350 g/mol. The maximum absolute atomic E-state index is 12.4. The number of nitrogens with two attached hydrogens (primary N) is 1. The Kier molecular flexibility index (Phi) is 6.75. The normalized spacial score (nSPS) is 16.2. The molecule has 3 N–H and O–H groups in total. The molecule has 1 saturated carbocycles. The Morgan fingerprint density at radius 1 is 1.25 bits per heavy atom. The number of aromatic nitrogens is 2. The molecule has 1 aromatic carbocycles. The second-order valence-corrected chi connectivity index (χ2v) is 6.05. The van der Waals surface area contributed by atoms with Gasteiger partial charge in [0.15, 0.2) is 0 Å². The topological polar surface area (TPSA) is 94.0 Å². The largest absolute Gasteiger partial charge is 0.348 e. The lowest BCUT2D eigenvalue weighted by Gasteiger charge is -2.30. The Bertz CT molecular complexity index is 625. The summed E-state index contributed by atoms with van der Waals surface area (Å²) in [6, 6.07) is 7.24. The van der Waals surface area contributed by atoms with Gasteiger partial charge < -0.3 is 15.6 Å². The van der Waals surface area contributed by atoms with Crippen LogP contribution in [0.2, 0.25) is 0 Å². The van der Waals surface area contributed by atoms with Crippen LogP contribution in [0.1, 0.15) is 42.5 Å². The molecule has 7 heteroatoms. The maximum Gasteiger partial charge on any atom is 0.251 e. The molecule has 1 unspecified atom stereocenters. The second kappa shape index (κ2) is 8.80. The minimum atomic E-state index is -0.0781. The van der Waals surface area contributed by atoms with Crippen molar-refractivity contribution in [2.24, 2.45) is 11.7 Å². The third-order valence-corrected chi connectivity index (χ3v) is 4.56. The summed E-state index contributed by atoms with van der Waals surface area (Å²) in [5.41, 5.74) is 7.31. The lowest BCUT2D eigenvalue weighted by atomic mass is 9.84. The van der Waals surface area contributed by atoms with Crippen molar-refractivity contribution in [3.8, 4) is 11.4 Å². The Balaban J connectivity index is 0.00000208. The second-order valence-electron chi connectivity index (χ2n) is 6.05. The molecule has 1 atom stereocenters. The number of nitrogens with one attached hydrogen (secondary N) is 1. The summed E-state index contributed by atoms with van der Waals surface area (Å²) in [5, 5.41) is 6.87. The Morgan fingerprint density at radius 2 is 1.96 bits per heavy atom. The summed E-state index contributed by atoms with van der Waals surface area (Å²) in [5.74, 6) is 0.931. The van der Waals surface area contributed by atoms with Crippen molar-refractivity contribution < 1.29 is 9.32 Å². The standard InChI is InChI=1S/C17H22N4O2.ClH/c18-10-15(12-4-2-1-3-5-12)20-17(22)14-8-6-13(7-9-14)16-19-11-23-21-16;/h6-9,11-12,15H,1-5,10,18H2,(H,20,22);1H.